The highest BCUT2D eigenvalue weighted by Gasteiger charge is 2.04. The molecule has 0 fully saturated rings. The van der Waals surface area contributed by atoms with Gasteiger partial charge in [0.2, 0.25) is 11.5 Å². The molecule has 0 amide bonds. The molecule has 12 heavy (non-hydrogen) atoms. The summed E-state index contributed by atoms with van der Waals surface area (Å²) in [6.07, 6.45) is 0. The zero-order valence-electron chi connectivity index (χ0n) is 6.87. The maximum atomic E-state index is 4.75. The maximum absolute atomic E-state index is 4.75. The van der Waals surface area contributed by atoms with Gasteiger partial charge < -0.3 is 9.78 Å². The standard InChI is InChI=1S/C8H9O4/c1-9-11-7-5-3-4-6-8(7)12-10-2/h3-5H,1-2H3. The van der Waals surface area contributed by atoms with Crippen LogP contribution in [0.15, 0.2) is 18.2 Å². The summed E-state index contributed by atoms with van der Waals surface area (Å²) in [5, 5.41) is 0. The van der Waals surface area contributed by atoms with E-state index in [1.54, 1.807) is 18.2 Å². The minimum Gasteiger partial charge on any atom is -0.334 e. The van der Waals surface area contributed by atoms with Crippen molar-refractivity contribution < 1.29 is 19.6 Å². The Morgan fingerprint density at radius 2 is 1.92 bits per heavy atom. The summed E-state index contributed by atoms with van der Waals surface area (Å²) >= 11 is 0. The summed E-state index contributed by atoms with van der Waals surface area (Å²) in [7, 11) is 2.81. The summed E-state index contributed by atoms with van der Waals surface area (Å²) in [6, 6.07) is 7.87. The lowest BCUT2D eigenvalue weighted by Gasteiger charge is -2.05. The van der Waals surface area contributed by atoms with Gasteiger partial charge in [-0.1, -0.05) is 12.1 Å². The molecule has 65 valence electrons. The van der Waals surface area contributed by atoms with Gasteiger partial charge in [-0.2, -0.15) is 9.78 Å². The Hall–Kier alpha value is -1.26. The number of rotatable bonds is 4. The predicted molar refractivity (Wildman–Crippen MR) is 40.6 cm³/mol. The fourth-order valence-corrected chi connectivity index (χ4v) is 0.710. The van der Waals surface area contributed by atoms with Crippen molar-refractivity contribution in [3.05, 3.63) is 24.3 Å². The fraction of sp³-hybridized carbons (Fsp3) is 0.250. The monoisotopic (exact) mass is 169 g/mol. The van der Waals surface area contributed by atoms with Crippen molar-refractivity contribution in [1.29, 1.82) is 0 Å². The van der Waals surface area contributed by atoms with E-state index in [1.807, 2.05) is 0 Å². The Morgan fingerprint density at radius 3 is 2.58 bits per heavy atom. The van der Waals surface area contributed by atoms with Crippen LogP contribution in [0.25, 0.3) is 0 Å². The van der Waals surface area contributed by atoms with Gasteiger partial charge in [0.15, 0.2) is 0 Å². The van der Waals surface area contributed by atoms with Crippen LogP contribution in [0.4, 0.5) is 0 Å². The molecule has 0 spiro atoms. The molecule has 0 unspecified atom stereocenters. The molecule has 1 radical (unpaired) electrons. The fourth-order valence-electron chi connectivity index (χ4n) is 0.710. The molecule has 0 heterocycles. The van der Waals surface area contributed by atoms with E-state index >= 15 is 0 Å². The molecule has 0 saturated carbocycles. The lowest BCUT2D eigenvalue weighted by Crippen LogP contribution is -1.96. The Bertz CT molecular complexity index is 211. The van der Waals surface area contributed by atoms with E-state index in [1.165, 1.54) is 14.2 Å². The highest BCUT2D eigenvalue weighted by atomic mass is 17.2. The van der Waals surface area contributed by atoms with Crippen LogP contribution in [0, 0.1) is 6.07 Å². The molecule has 0 aliphatic heterocycles. The summed E-state index contributed by atoms with van der Waals surface area (Å²) in [6.45, 7) is 0. The van der Waals surface area contributed by atoms with Crippen molar-refractivity contribution in [1.82, 2.24) is 0 Å². The van der Waals surface area contributed by atoms with Crippen LogP contribution >= 0.6 is 0 Å². The summed E-state index contributed by atoms with van der Waals surface area (Å²) < 4.78 is 0. The van der Waals surface area contributed by atoms with Crippen molar-refractivity contribution in [2.75, 3.05) is 14.2 Å². The Kier molecular flexibility index (Phi) is 3.37. The molecule has 1 rings (SSSR count). The van der Waals surface area contributed by atoms with Gasteiger partial charge in [-0.25, -0.2) is 0 Å². The molecule has 0 saturated heterocycles. The molecule has 0 atom stereocenters. The third-order valence-corrected chi connectivity index (χ3v) is 1.12. The van der Waals surface area contributed by atoms with Gasteiger partial charge in [0.1, 0.15) is 0 Å². The first-order valence-corrected chi connectivity index (χ1v) is 3.30. The van der Waals surface area contributed by atoms with Crippen molar-refractivity contribution >= 4 is 0 Å². The highest BCUT2D eigenvalue weighted by Crippen LogP contribution is 2.25. The molecule has 0 N–H and O–H groups in total. The van der Waals surface area contributed by atoms with Crippen LogP contribution in [0.2, 0.25) is 0 Å². The Balaban J connectivity index is 2.77. The zero-order chi connectivity index (χ0) is 8.81. The van der Waals surface area contributed by atoms with Crippen LogP contribution in [0.1, 0.15) is 0 Å². The molecular weight excluding hydrogens is 160 g/mol. The number of hydrogen-bond acceptors (Lipinski definition) is 4. The van der Waals surface area contributed by atoms with E-state index in [0.29, 0.717) is 11.5 Å². The number of para-hydroxylation sites is 1. The molecule has 1 aromatic rings. The van der Waals surface area contributed by atoms with E-state index in [2.05, 4.69) is 15.8 Å². The first-order valence-electron chi connectivity index (χ1n) is 3.30. The summed E-state index contributed by atoms with van der Waals surface area (Å²) in [5.41, 5.74) is 0. The molecule has 4 heteroatoms. The first kappa shape index (κ1) is 8.83. The highest BCUT2D eigenvalue weighted by molar-refractivity contribution is 5.37. The van der Waals surface area contributed by atoms with E-state index in [-0.39, 0.29) is 0 Å². The first-order chi connectivity index (χ1) is 5.88. The minimum atomic E-state index is 0.349. The third kappa shape index (κ3) is 2.11. The predicted octanol–water partition coefficient (Wildman–Crippen LogP) is 1.37. The molecule has 4 nitrogen and oxygen atoms in total. The topological polar surface area (TPSA) is 36.9 Å². The molecule has 0 aliphatic rings. The second-order valence-electron chi connectivity index (χ2n) is 1.86. The van der Waals surface area contributed by atoms with E-state index in [9.17, 15) is 0 Å². The largest absolute Gasteiger partial charge is 0.334 e. The average molecular weight is 169 g/mol. The van der Waals surface area contributed by atoms with Crippen molar-refractivity contribution in [2.45, 2.75) is 0 Å². The van der Waals surface area contributed by atoms with Crippen LogP contribution in [-0.2, 0) is 9.78 Å². The van der Waals surface area contributed by atoms with Crippen LogP contribution < -0.4 is 9.78 Å². The Labute approximate surface area is 70.5 Å². The lowest BCUT2D eigenvalue weighted by atomic mass is 10.3. The van der Waals surface area contributed by atoms with Gasteiger partial charge in [-0.05, 0) is 6.07 Å². The lowest BCUT2D eigenvalue weighted by molar-refractivity contribution is -0.201. The quantitative estimate of drug-likeness (QED) is 0.503. The Morgan fingerprint density at radius 1 is 1.17 bits per heavy atom. The van der Waals surface area contributed by atoms with Gasteiger partial charge in [0.05, 0.1) is 14.2 Å². The molecule has 0 aliphatic carbocycles. The molecule has 0 bridgehead atoms. The normalized spacial score (nSPS) is 9.50. The molecular formula is C8H9O4. The van der Waals surface area contributed by atoms with Crippen molar-refractivity contribution in [2.24, 2.45) is 0 Å². The minimum absolute atomic E-state index is 0.349. The second kappa shape index (κ2) is 4.58. The second-order valence-corrected chi connectivity index (χ2v) is 1.86. The van der Waals surface area contributed by atoms with E-state index in [0.717, 1.165) is 0 Å². The summed E-state index contributed by atoms with van der Waals surface area (Å²) in [5.74, 6) is 0.767. The van der Waals surface area contributed by atoms with Gasteiger partial charge in [-0.3, -0.25) is 0 Å². The average Bonchev–Trinajstić information content (AvgIpc) is 2.09. The molecule has 1 aromatic carbocycles. The van der Waals surface area contributed by atoms with Crippen molar-refractivity contribution in [3.8, 4) is 11.5 Å². The van der Waals surface area contributed by atoms with E-state index in [4.69, 9.17) is 9.78 Å². The van der Waals surface area contributed by atoms with Gasteiger partial charge in [0, 0.05) is 6.07 Å². The van der Waals surface area contributed by atoms with Gasteiger partial charge in [0.25, 0.3) is 0 Å². The van der Waals surface area contributed by atoms with Gasteiger partial charge in [-0.15, -0.1) is 0 Å². The molecule has 0 aromatic heterocycles. The van der Waals surface area contributed by atoms with Gasteiger partial charge >= 0.3 is 0 Å². The number of hydrogen-bond donors (Lipinski definition) is 0. The van der Waals surface area contributed by atoms with E-state index < -0.39 is 0 Å². The van der Waals surface area contributed by atoms with Crippen LogP contribution in [0.5, 0.6) is 11.5 Å². The third-order valence-electron chi connectivity index (χ3n) is 1.12. The SMILES string of the molecule is COOc1[c]cccc1OOC. The zero-order valence-corrected chi connectivity index (χ0v) is 6.87. The number of benzene rings is 1. The maximum Gasteiger partial charge on any atom is 0.219 e. The van der Waals surface area contributed by atoms with Crippen LogP contribution in [-0.4, -0.2) is 14.2 Å². The summed E-state index contributed by atoms with van der Waals surface area (Å²) in [4.78, 5) is 18.4. The van der Waals surface area contributed by atoms with Crippen LogP contribution in [0.3, 0.4) is 0 Å². The van der Waals surface area contributed by atoms with Crippen molar-refractivity contribution in [3.63, 3.8) is 0 Å². The smallest absolute Gasteiger partial charge is 0.219 e.